The largest absolute Gasteiger partial charge is 0.334 e. The lowest BCUT2D eigenvalue weighted by molar-refractivity contribution is 0.391. The fourth-order valence-electron chi connectivity index (χ4n) is 1.57. The maximum atomic E-state index is 12.3. The van der Waals surface area contributed by atoms with Crippen LogP contribution in [-0.2, 0) is 16.6 Å². The van der Waals surface area contributed by atoms with Crippen LogP contribution in [-0.4, -0.2) is 35.4 Å². The molecule has 0 radical (unpaired) electrons. The number of aryl methyl sites for hydroxylation is 2. The lowest BCUT2D eigenvalue weighted by Crippen LogP contribution is -2.35. The van der Waals surface area contributed by atoms with Gasteiger partial charge >= 0.3 is 0 Å². The van der Waals surface area contributed by atoms with Crippen molar-refractivity contribution < 1.29 is 8.42 Å². The first-order valence-electron chi connectivity index (χ1n) is 5.73. The molecule has 0 amide bonds. The third-order valence-electron chi connectivity index (χ3n) is 2.95. The minimum atomic E-state index is -3.62. The van der Waals surface area contributed by atoms with Crippen LogP contribution in [0.2, 0.25) is 0 Å². The molecule has 0 bridgehead atoms. The summed E-state index contributed by atoms with van der Waals surface area (Å²) in [6, 6.07) is 1.60. The van der Waals surface area contributed by atoms with Crippen molar-refractivity contribution in [1.29, 1.82) is 5.26 Å². The summed E-state index contributed by atoms with van der Waals surface area (Å²) in [6.07, 6.45) is 1.68. The maximum Gasteiger partial charge on any atom is 0.262 e. The predicted octanol–water partition coefficient (Wildman–Crippen LogP) is 1.13. The first kappa shape index (κ1) is 14.7. The van der Waals surface area contributed by atoms with E-state index in [1.165, 1.54) is 17.5 Å². The van der Waals surface area contributed by atoms with Gasteiger partial charge in [-0.1, -0.05) is 0 Å². The van der Waals surface area contributed by atoms with Gasteiger partial charge in [-0.3, -0.25) is 0 Å². The smallest absolute Gasteiger partial charge is 0.262 e. The normalized spacial score (nSPS) is 13.6. The monoisotopic (exact) mass is 270 g/mol. The summed E-state index contributed by atoms with van der Waals surface area (Å²) in [5.41, 5.74) is 0. The van der Waals surface area contributed by atoms with E-state index in [1.54, 1.807) is 18.4 Å². The Morgan fingerprint density at radius 3 is 2.67 bits per heavy atom. The minimum Gasteiger partial charge on any atom is -0.334 e. The van der Waals surface area contributed by atoms with Gasteiger partial charge in [-0.05, 0) is 20.8 Å². The number of imidazole rings is 1. The highest BCUT2D eigenvalue weighted by atomic mass is 32.2. The van der Waals surface area contributed by atoms with Crippen LogP contribution in [0.15, 0.2) is 11.2 Å². The fraction of sp³-hybridized carbons (Fsp3) is 0.636. The second-order valence-corrected chi connectivity index (χ2v) is 6.09. The van der Waals surface area contributed by atoms with Crippen LogP contribution in [0.4, 0.5) is 0 Å². The third-order valence-corrected chi connectivity index (χ3v) is 4.79. The topological polar surface area (TPSA) is 79.0 Å². The van der Waals surface area contributed by atoms with Gasteiger partial charge in [0.15, 0.2) is 5.03 Å². The van der Waals surface area contributed by atoms with Crippen molar-refractivity contribution in [3.63, 3.8) is 0 Å². The van der Waals surface area contributed by atoms with E-state index in [9.17, 15) is 8.42 Å². The molecule has 0 spiro atoms. The molecule has 7 heteroatoms. The Balaban J connectivity index is 3.09. The van der Waals surface area contributed by atoms with Crippen LogP contribution in [0, 0.1) is 18.3 Å². The van der Waals surface area contributed by atoms with Crippen LogP contribution >= 0.6 is 0 Å². The Bertz CT molecular complexity index is 556. The van der Waals surface area contributed by atoms with E-state index >= 15 is 0 Å². The molecule has 0 N–H and O–H groups in total. The van der Waals surface area contributed by atoms with Crippen molar-refractivity contribution in [2.45, 2.75) is 44.8 Å². The molecule has 0 saturated carbocycles. The summed E-state index contributed by atoms with van der Waals surface area (Å²) in [7, 11) is -2.15. The van der Waals surface area contributed by atoms with Crippen LogP contribution in [0.5, 0.6) is 0 Å². The molecule has 1 unspecified atom stereocenters. The molecule has 1 atom stereocenters. The van der Waals surface area contributed by atoms with E-state index in [4.69, 9.17) is 5.26 Å². The molecule has 1 rings (SSSR count). The molecule has 1 aromatic rings. The molecule has 1 heterocycles. The molecule has 0 aliphatic rings. The Hall–Kier alpha value is -1.39. The second-order valence-electron chi connectivity index (χ2n) is 4.14. The average Bonchev–Trinajstić information content (AvgIpc) is 2.70. The lowest BCUT2D eigenvalue weighted by Gasteiger charge is -2.20. The van der Waals surface area contributed by atoms with Gasteiger partial charge in [0.1, 0.15) is 5.82 Å². The summed E-state index contributed by atoms with van der Waals surface area (Å²) in [6.45, 7) is 6.06. The molecule has 100 valence electrons. The van der Waals surface area contributed by atoms with Crippen molar-refractivity contribution in [2.75, 3.05) is 7.05 Å². The van der Waals surface area contributed by atoms with E-state index in [-0.39, 0.29) is 17.5 Å². The van der Waals surface area contributed by atoms with Gasteiger partial charge in [-0.25, -0.2) is 13.4 Å². The van der Waals surface area contributed by atoms with Crippen molar-refractivity contribution in [3.05, 3.63) is 12.0 Å². The summed E-state index contributed by atoms with van der Waals surface area (Å²) >= 11 is 0. The zero-order valence-electron chi connectivity index (χ0n) is 11.1. The quantitative estimate of drug-likeness (QED) is 0.803. The molecule has 0 fully saturated rings. The van der Waals surface area contributed by atoms with Crippen molar-refractivity contribution >= 4 is 10.0 Å². The fourth-order valence-corrected chi connectivity index (χ4v) is 2.92. The van der Waals surface area contributed by atoms with E-state index in [2.05, 4.69) is 4.98 Å². The van der Waals surface area contributed by atoms with E-state index in [0.29, 0.717) is 12.4 Å². The predicted molar refractivity (Wildman–Crippen MR) is 67.3 cm³/mol. The Kier molecular flexibility index (Phi) is 4.48. The van der Waals surface area contributed by atoms with Gasteiger partial charge in [-0.15, -0.1) is 0 Å². The second kappa shape index (κ2) is 5.50. The number of aromatic nitrogens is 2. The highest BCUT2D eigenvalue weighted by molar-refractivity contribution is 7.89. The SMILES string of the molecule is CCn1cc(S(=O)(=O)N(C)C(C)CC#N)nc1C. The van der Waals surface area contributed by atoms with Gasteiger partial charge in [-0.2, -0.15) is 9.57 Å². The number of nitriles is 1. The van der Waals surface area contributed by atoms with Gasteiger partial charge in [0, 0.05) is 25.8 Å². The standard InChI is InChI=1S/C11H18N4O2S/c1-5-15-8-11(13-10(15)3)18(16,17)14(4)9(2)6-7-12/h8-9H,5-6H2,1-4H3. The third kappa shape index (κ3) is 2.71. The van der Waals surface area contributed by atoms with E-state index in [1.807, 2.05) is 13.0 Å². The highest BCUT2D eigenvalue weighted by Crippen LogP contribution is 2.17. The van der Waals surface area contributed by atoms with Gasteiger partial charge in [0.25, 0.3) is 10.0 Å². The molecule has 18 heavy (non-hydrogen) atoms. The zero-order valence-corrected chi connectivity index (χ0v) is 11.9. The van der Waals surface area contributed by atoms with Crippen molar-refractivity contribution in [2.24, 2.45) is 0 Å². The Labute approximate surface area is 108 Å². The van der Waals surface area contributed by atoms with Crippen molar-refractivity contribution in [3.8, 4) is 6.07 Å². The van der Waals surface area contributed by atoms with Gasteiger partial charge < -0.3 is 4.57 Å². The number of nitrogens with zero attached hydrogens (tertiary/aromatic N) is 4. The molecule has 6 nitrogen and oxygen atoms in total. The summed E-state index contributed by atoms with van der Waals surface area (Å²) in [5.74, 6) is 0.664. The van der Waals surface area contributed by atoms with E-state index < -0.39 is 10.0 Å². The van der Waals surface area contributed by atoms with Crippen molar-refractivity contribution in [1.82, 2.24) is 13.9 Å². The molecule has 0 aromatic carbocycles. The Morgan fingerprint density at radius 2 is 2.22 bits per heavy atom. The summed E-state index contributed by atoms with van der Waals surface area (Å²) in [5, 5.41) is 8.65. The first-order chi connectivity index (χ1) is 8.34. The van der Waals surface area contributed by atoms with Crippen LogP contribution < -0.4 is 0 Å². The summed E-state index contributed by atoms with van der Waals surface area (Å²) < 4.78 is 27.5. The van der Waals surface area contributed by atoms with Crippen LogP contribution in [0.25, 0.3) is 0 Å². The lowest BCUT2D eigenvalue weighted by atomic mass is 10.3. The maximum absolute atomic E-state index is 12.3. The van der Waals surface area contributed by atoms with Gasteiger partial charge in [0.05, 0.1) is 12.5 Å². The van der Waals surface area contributed by atoms with Crippen LogP contribution in [0.1, 0.15) is 26.1 Å². The molecule has 0 saturated heterocycles. The molecular weight excluding hydrogens is 252 g/mol. The molecule has 1 aromatic heterocycles. The number of rotatable bonds is 5. The average molecular weight is 270 g/mol. The minimum absolute atomic E-state index is 0.0362. The van der Waals surface area contributed by atoms with Gasteiger partial charge in [0.2, 0.25) is 0 Å². The number of hydrogen-bond donors (Lipinski definition) is 0. The first-order valence-corrected chi connectivity index (χ1v) is 7.17. The van der Waals surface area contributed by atoms with Crippen LogP contribution in [0.3, 0.4) is 0 Å². The number of sulfonamides is 1. The number of hydrogen-bond acceptors (Lipinski definition) is 4. The Morgan fingerprint density at radius 1 is 1.61 bits per heavy atom. The zero-order chi connectivity index (χ0) is 13.9. The highest BCUT2D eigenvalue weighted by Gasteiger charge is 2.28. The summed E-state index contributed by atoms with van der Waals surface area (Å²) in [4.78, 5) is 4.07. The molecule has 0 aliphatic heterocycles. The van der Waals surface area contributed by atoms with E-state index in [0.717, 1.165) is 0 Å². The molecule has 0 aliphatic carbocycles. The molecular formula is C11H18N4O2S.